The Morgan fingerprint density at radius 3 is 2.23 bits per heavy atom. The fourth-order valence-corrected chi connectivity index (χ4v) is 5.15. The van der Waals surface area contributed by atoms with Crippen molar-refractivity contribution in [1.29, 1.82) is 0 Å². The highest BCUT2D eigenvalue weighted by Gasteiger charge is 2.58. The molecule has 1 aliphatic heterocycles. The van der Waals surface area contributed by atoms with Crippen LogP contribution in [0.5, 0.6) is 0 Å². The molecular formula is C24H33N5O2. The van der Waals surface area contributed by atoms with Crippen molar-refractivity contribution in [2.45, 2.75) is 19.3 Å². The fourth-order valence-electron chi connectivity index (χ4n) is 5.15. The van der Waals surface area contributed by atoms with E-state index in [0.717, 1.165) is 25.8 Å². The summed E-state index contributed by atoms with van der Waals surface area (Å²) in [6.07, 6.45) is 7.20. The SMILES string of the molecule is CN=C(NCCCc1ccc(N(C)C)cc1)NCCN1C(=O)C2C3C=CC(C3)C2C1=O. The Kier molecular flexibility index (Phi) is 6.30. The largest absolute Gasteiger partial charge is 0.378 e. The molecule has 4 atom stereocenters. The number of likely N-dealkylation sites (tertiary alicyclic amines) is 1. The van der Waals surface area contributed by atoms with Crippen LogP contribution in [0.2, 0.25) is 0 Å². The van der Waals surface area contributed by atoms with Crippen LogP contribution in [0.3, 0.4) is 0 Å². The van der Waals surface area contributed by atoms with Gasteiger partial charge in [-0.25, -0.2) is 0 Å². The van der Waals surface area contributed by atoms with Crippen LogP contribution in [-0.4, -0.2) is 63.5 Å². The molecule has 2 N–H and O–H groups in total. The summed E-state index contributed by atoms with van der Waals surface area (Å²) in [4.78, 5) is 33.3. The summed E-state index contributed by atoms with van der Waals surface area (Å²) in [7, 11) is 5.81. The standard InChI is InChI=1S/C24H33N5O2/c1-25-24(26-12-4-5-16-6-10-19(11-7-16)28(2)3)27-13-14-29-22(30)20-17-8-9-18(15-17)21(20)23(29)31/h6-11,17-18,20-21H,4-5,12-15H2,1-3H3,(H2,25,26,27). The predicted octanol–water partition coefficient (Wildman–Crippen LogP) is 1.66. The van der Waals surface area contributed by atoms with Gasteiger partial charge in [0.25, 0.3) is 0 Å². The average molecular weight is 424 g/mol. The zero-order valence-corrected chi connectivity index (χ0v) is 18.7. The van der Waals surface area contributed by atoms with E-state index in [1.807, 2.05) is 14.1 Å². The number of benzene rings is 1. The van der Waals surface area contributed by atoms with Gasteiger partial charge in [-0.3, -0.25) is 19.5 Å². The minimum absolute atomic E-state index is 0.0110. The van der Waals surface area contributed by atoms with Crippen LogP contribution in [-0.2, 0) is 16.0 Å². The molecule has 1 aromatic carbocycles. The summed E-state index contributed by atoms with van der Waals surface area (Å²) in [5.41, 5.74) is 2.52. The van der Waals surface area contributed by atoms with Crippen molar-refractivity contribution in [2.75, 3.05) is 45.7 Å². The van der Waals surface area contributed by atoms with Gasteiger partial charge < -0.3 is 15.5 Å². The van der Waals surface area contributed by atoms with E-state index in [9.17, 15) is 9.59 Å². The molecule has 166 valence electrons. The zero-order valence-electron chi connectivity index (χ0n) is 18.7. The molecule has 7 nitrogen and oxygen atoms in total. The lowest BCUT2D eigenvalue weighted by atomic mass is 9.85. The third-order valence-corrected chi connectivity index (χ3v) is 6.80. The zero-order chi connectivity index (χ0) is 22.0. The molecule has 0 aromatic heterocycles. The molecule has 0 spiro atoms. The first-order chi connectivity index (χ1) is 15.0. The van der Waals surface area contributed by atoms with E-state index < -0.39 is 0 Å². The van der Waals surface area contributed by atoms with Crippen LogP contribution in [0.25, 0.3) is 0 Å². The minimum atomic E-state index is -0.119. The smallest absolute Gasteiger partial charge is 0.233 e. The van der Waals surface area contributed by atoms with Gasteiger partial charge in [-0.2, -0.15) is 0 Å². The number of aryl methyl sites for hydroxylation is 1. The van der Waals surface area contributed by atoms with Crippen LogP contribution >= 0.6 is 0 Å². The number of guanidine groups is 1. The summed E-state index contributed by atoms with van der Waals surface area (Å²) in [5, 5.41) is 6.54. The van der Waals surface area contributed by atoms with Gasteiger partial charge in [0.2, 0.25) is 11.8 Å². The Hall–Kier alpha value is -2.83. The number of anilines is 1. The molecule has 4 unspecified atom stereocenters. The number of nitrogens with one attached hydrogen (secondary N) is 2. The quantitative estimate of drug-likeness (QED) is 0.219. The van der Waals surface area contributed by atoms with Crippen molar-refractivity contribution in [3.05, 3.63) is 42.0 Å². The molecule has 7 heteroatoms. The number of carbonyl (C=O) groups excluding carboxylic acids is 2. The number of amides is 2. The van der Waals surface area contributed by atoms with Crippen molar-refractivity contribution in [2.24, 2.45) is 28.7 Å². The van der Waals surface area contributed by atoms with E-state index in [0.29, 0.717) is 19.0 Å². The second kappa shape index (κ2) is 9.12. The highest BCUT2D eigenvalue weighted by Crippen LogP contribution is 2.52. The van der Waals surface area contributed by atoms with E-state index in [1.54, 1.807) is 7.05 Å². The van der Waals surface area contributed by atoms with Gasteiger partial charge in [0.1, 0.15) is 0 Å². The number of hydrogen-bond donors (Lipinski definition) is 2. The summed E-state index contributed by atoms with van der Waals surface area (Å²) in [5.74, 6) is 1.01. The monoisotopic (exact) mass is 423 g/mol. The van der Waals surface area contributed by atoms with Gasteiger partial charge in [-0.05, 0) is 48.8 Å². The Labute approximate surface area is 184 Å². The fraction of sp³-hybridized carbons (Fsp3) is 0.542. The number of fused-ring (bicyclic) bond motifs is 5. The molecule has 1 aromatic rings. The molecule has 1 saturated heterocycles. The van der Waals surface area contributed by atoms with Gasteiger partial charge in [0, 0.05) is 46.5 Å². The van der Waals surface area contributed by atoms with Crippen LogP contribution in [0.4, 0.5) is 5.69 Å². The number of hydrogen-bond acceptors (Lipinski definition) is 4. The van der Waals surface area contributed by atoms with E-state index in [4.69, 9.17) is 0 Å². The third kappa shape index (κ3) is 4.31. The molecule has 1 saturated carbocycles. The molecule has 4 rings (SSSR count). The first-order valence-electron chi connectivity index (χ1n) is 11.2. The number of allylic oxidation sites excluding steroid dienone is 2. The van der Waals surface area contributed by atoms with Crippen LogP contribution in [0.15, 0.2) is 41.4 Å². The molecule has 1 heterocycles. The highest BCUT2D eigenvalue weighted by molar-refractivity contribution is 6.06. The third-order valence-electron chi connectivity index (χ3n) is 6.80. The number of nitrogens with zero attached hydrogens (tertiary/aromatic N) is 3. The topological polar surface area (TPSA) is 77.0 Å². The average Bonchev–Trinajstić information content (AvgIpc) is 3.45. The van der Waals surface area contributed by atoms with Gasteiger partial charge in [0.15, 0.2) is 5.96 Å². The molecule has 31 heavy (non-hydrogen) atoms. The molecule has 0 radical (unpaired) electrons. The van der Waals surface area contributed by atoms with Crippen molar-refractivity contribution < 1.29 is 9.59 Å². The number of aliphatic imine (C=N–C) groups is 1. The lowest BCUT2D eigenvalue weighted by Gasteiger charge is -2.18. The van der Waals surface area contributed by atoms with Crippen LogP contribution < -0.4 is 15.5 Å². The normalized spacial score (nSPS) is 26.5. The summed E-state index contributed by atoms with van der Waals surface area (Å²) < 4.78 is 0. The van der Waals surface area contributed by atoms with Crippen LogP contribution in [0.1, 0.15) is 18.4 Å². The molecule has 2 fully saturated rings. The lowest BCUT2D eigenvalue weighted by molar-refractivity contribution is -0.140. The van der Waals surface area contributed by atoms with Crippen molar-refractivity contribution >= 4 is 23.5 Å². The van der Waals surface area contributed by atoms with Gasteiger partial charge in [-0.15, -0.1) is 0 Å². The summed E-state index contributed by atoms with van der Waals surface area (Å²) in [6.45, 7) is 1.70. The molecular weight excluding hydrogens is 390 g/mol. The number of carbonyl (C=O) groups is 2. The molecule has 2 amide bonds. The maximum atomic E-state index is 12.7. The molecule has 2 bridgehead atoms. The molecule has 2 aliphatic carbocycles. The van der Waals surface area contributed by atoms with Gasteiger partial charge in [-0.1, -0.05) is 24.3 Å². The summed E-state index contributed by atoms with van der Waals surface area (Å²) >= 11 is 0. The predicted molar refractivity (Wildman–Crippen MR) is 123 cm³/mol. The maximum Gasteiger partial charge on any atom is 0.233 e. The van der Waals surface area contributed by atoms with E-state index in [-0.39, 0.29) is 35.5 Å². The second-order valence-electron chi connectivity index (χ2n) is 8.92. The van der Waals surface area contributed by atoms with E-state index in [1.165, 1.54) is 16.2 Å². The number of rotatable bonds is 8. The Bertz CT molecular complexity index is 846. The minimum Gasteiger partial charge on any atom is -0.378 e. The Balaban J connectivity index is 1.17. The first-order valence-corrected chi connectivity index (χ1v) is 11.2. The van der Waals surface area contributed by atoms with Crippen molar-refractivity contribution in [3.63, 3.8) is 0 Å². The second-order valence-corrected chi connectivity index (χ2v) is 8.92. The van der Waals surface area contributed by atoms with Gasteiger partial charge in [0.05, 0.1) is 11.8 Å². The summed E-state index contributed by atoms with van der Waals surface area (Å²) in [6, 6.07) is 8.62. The van der Waals surface area contributed by atoms with Crippen LogP contribution in [0, 0.1) is 23.7 Å². The number of imide groups is 1. The van der Waals surface area contributed by atoms with E-state index >= 15 is 0 Å². The highest BCUT2D eigenvalue weighted by atomic mass is 16.2. The van der Waals surface area contributed by atoms with E-state index in [2.05, 4.69) is 56.9 Å². The maximum absolute atomic E-state index is 12.7. The molecule has 3 aliphatic rings. The van der Waals surface area contributed by atoms with Crippen molar-refractivity contribution in [3.8, 4) is 0 Å². The Morgan fingerprint density at radius 2 is 1.65 bits per heavy atom. The van der Waals surface area contributed by atoms with Crippen molar-refractivity contribution in [1.82, 2.24) is 15.5 Å². The Morgan fingerprint density at radius 1 is 1.03 bits per heavy atom. The first kappa shape index (κ1) is 21.4. The van der Waals surface area contributed by atoms with Gasteiger partial charge >= 0.3 is 0 Å². The lowest BCUT2D eigenvalue weighted by Crippen LogP contribution is -2.44.